The van der Waals surface area contributed by atoms with E-state index in [1.807, 2.05) is 0 Å². The molecule has 0 amide bonds. The van der Waals surface area contributed by atoms with Crippen LogP contribution in [0.2, 0.25) is 0 Å². The summed E-state index contributed by atoms with van der Waals surface area (Å²) in [6.45, 7) is 1.89. The van der Waals surface area contributed by atoms with Crippen molar-refractivity contribution in [2.75, 3.05) is 6.61 Å². The quantitative estimate of drug-likeness (QED) is 0.701. The topological polar surface area (TPSA) is 89.7 Å². The second kappa shape index (κ2) is 4.11. The van der Waals surface area contributed by atoms with Gasteiger partial charge >= 0.3 is 5.97 Å². The monoisotopic (exact) mass is 189 g/mol. The van der Waals surface area contributed by atoms with Crippen LogP contribution in [0.15, 0.2) is 6.07 Å². The normalized spacial score (nSPS) is 8.79. The standard InChI is InChI=1S/C9H7N3O2/c1-2-14-9(13)8-6(4-10)3-7(5-11)12-8/h3,12H,2H2,1H3. The van der Waals surface area contributed by atoms with E-state index in [-0.39, 0.29) is 23.6 Å². The molecule has 0 radical (unpaired) electrons. The summed E-state index contributed by atoms with van der Waals surface area (Å²) in [5.74, 6) is -0.620. The van der Waals surface area contributed by atoms with Gasteiger partial charge in [0.2, 0.25) is 0 Å². The van der Waals surface area contributed by atoms with Crippen LogP contribution in [-0.2, 0) is 4.74 Å². The Bertz CT molecular complexity index is 434. The summed E-state index contributed by atoms with van der Waals surface area (Å²) in [5.41, 5.74) is 0.329. The van der Waals surface area contributed by atoms with Crippen molar-refractivity contribution in [1.82, 2.24) is 4.98 Å². The van der Waals surface area contributed by atoms with Crippen LogP contribution in [0.3, 0.4) is 0 Å². The van der Waals surface area contributed by atoms with Crippen molar-refractivity contribution in [2.24, 2.45) is 0 Å². The molecular formula is C9H7N3O2. The van der Waals surface area contributed by atoms with Crippen LogP contribution in [0.5, 0.6) is 0 Å². The predicted octanol–water partition coefficient (Wildman–Crippen LogP) is 0.935. The molecule has 1 aromatic heterocycles. The third-order valence-electron chi connectivity index (χ3n) is 1.54. The molecule has 0 saturated heterocycles. The van der Waals surface area contributed by atoms with E-state index in [9.17, 15) is 4.79 Å². The second-order valence-corrected chi connectivity index (χ2v) is 2.42. The second-order valence-electron chi connectivity index (χ2n) is 2.42. The van der Waals surface area contributed by atoms with E-state index in [1.54, 1.807) is 19.1 Å². The van der Waals surface area contributed by atoms with Gasteiger partial charge in [0.05, 0.1) is 12.2 Å². The number of carbonyl (C=O) groups is 1. The van der Waals surface area contributed by atoms with Crippen molar-refractivity contribution < 1.29 is 9.53 Å². The van der Waals surface area contributed by atoms with E-state index in [0.717, 1.165) is 0 Å². The van der Waals surface area contributed by atoms with Crippen molar-refractivity contribution in [3.63, 3.8) is 0 Å². The molecule has 1 heterocycles. The van der Waals surface area contributed by atoms with E-state index in [4.69, 9.17) is 15.3 Å². The lowest BCUT2D eigenvalue weighted by atomic mass is 10.2. The fourth-order valence-electron chi connectivity index (χ4n) is 0.967. The lowest BCUT2D eigenvalue weighted by molar-refractivity contribution is 0.0520. The summed E-state index contributed by atoms with van der Waals surface area (Å²) in [6.07, 6.45) is 0. The van der Waals surface area contributed by atoms with E-state index >= 15 is 0 Å². The Morgan fingerprint density at radius 3 is 2.79 bits per heavy atom. The number of carbonyl (C=O) groups excluding carboxylic acids is 1. The maximum absolute atomic E-state index is 11.2. The Labute approximate surface area is 80.5 Å². The number of nitrogens with zero attached hydrogens (tertiary/aromatic N) is 2. The molecule has 1 N–H and O–H groups in total. The van der Waals surface area contributed by atoms with Crippen LogP contribution >= 0.6 is 0 Å². The van der Waals surface area contributed by atoms with Crippen molar-refractivity contribution in [2.45, 2.75) is 6.92 Å². The first-order valence-electron chi connectivity index (χ1n) is 3.93. The summed E-state index contributed by atoms with van der Waals surface area (Å²) >= 11 is 0. The van der Waals surface area contributed by atoms with Gasteiger partial charge in [-0.1, -0.05) is 0 Å². The van der Waals surface area contributed by atoms with Gasteiger partial charge in [-0.05, 0) is 13.0 Å². The minimum atomic E-state index is -0.620. The van der Waals surface area contributed by atoms with Crippen LogP contribution in [-0.4, -0.2) is 17.6 Å². The van der Waals surface area contributed by atoms with Crippen molar-refractivity contribution >= 4 is 5.97 Å². The number of esters is 1. The molecule has 0 aliphatic heterocycles. The largest absolute Gasteiger partial charge is 0.461 e. The molecule has 1 aromatic rings. The summed E-state index contributed by atoms with van der Waals surface area (Å²) in [5, 5.41) is 17.2. The molecule has 0 aliphatic carbocycles. The first-order chi connectivity index (χ1) is 6.72. The molecule has 14 heavy (non-hydrogen) atoms. The van der Waals surface area contributed by atoms with Crippen molar-refractivity contribution in [3.05, 3.63) is 23.0 Å². The Morgan fingerprint density at radius 1 is 1.57 bits per heavy atom. The molecule has 0 aliphatic rings. The third kappa shape index (κ3) is 1.73. The van der Waals surface area contributed by atoms with Gasteiger partial charge in [-0.25, -0.2) is 4.79 Å². The highest BCUT2D eigenvalue weighted by Gasteiger charge is 2.15. The molecule has 0 bridgehead atoms. The zero-order valence-corrected chi connectivity index (χ0v) is 7.50. The van der Waals surface area contributed by atoms with Gasteiger partial charge in [-0.15, -0.1) is 0 Å². The summed E-state index contributed by atoms with van der Waals surface area (Å²) in [6, 6.07) is 4.92. The molecule has 0 spiro atoms. The van der Waals surface area contributed by atoms with Crippen molar-refractivity contribution in [1.29, 1.82) is 10.5 Å². The van der Waals surface area contributed by atoms with E-state index in [0.29, 0.717) is 0 Å². The Hall–Kier alpha value is -2.27. The third-order valence-corrected chi connectivity index (χ3v) is 1.54. The smallest absolute Gasteiger partial charge is 0.356 e. The molecule has 0 aromatic carbocycles. The predicted molar refractivity (Wildman–Crippen MR) is 46.2 cm³/mol. The lowest BCUT2D eigenvalue weighted by Gasteiger charge is -1.98. The first kappa shape index (κ1) is 9.82. The van der Waals surface area contributed by atoms with Crippen LogP contribution in [0, 0.1) is 22.7 Å². The van der Waals surface area contributed by atoms with Gasteiger partial charge in [0.1, 0.15) is 23.5 Å². The Morgan fingerprint density at radius 2 is 2.29 bits per heavy atom. The summed E-state index contributed by atoms with van der Waals surface area (Å²) < 4.78 is 4.70. The first-order valence-corrected chi connectivity index (χ1v) is 3.93. The number of H-pyrrole nitrogens is 1. The van der Waals surface area contributed by atoms with Gasteiger partial charge in [0.15, 0.2) is 0 Å². The number of nitriles is 2. The van der Waals surface area contributed by atoms with Crippen molar-refractivity contribution in [3.8, 4) is 12.1 Å². The highest BCUT2D eigenvalue weighted by Crippen LogP contribution is 2.10. The number of rotatable bonds is 2. The SMILES string of the molecule is CCOC(=O)c1[nH]c(C#N)cc1C#N. The number of hydrogen-bond donors (Lipinski definition) is 1. The minimum Gasteiger partial charge on any atom is -0.461 e. The fourth-order valence-corrected chi connectivity index (χ4v) is 0.967. The molecule has 70 valence electrons. The molecule has 5 heteroatoms. The van der Waals surface area contributed by atoms with Gasteiger partial charge in [-0.3, -0.25) is 0 Å². The zero-order valence-electron chi connectivity index (χ0n) is 7.50. The minimum absolute atomic E-state index is 0.0332. The molecule has 1 rings (SSSR count). The maximum atomic E-state index is 11.2. The number of nitrogens with one attached hydrogen (secondary N) is 1. The van der Waals surface area contributed by atoms with E-state index in [1.165, 1.54) is 6.07 Å². The highest BCUT2D eigenvalue weighted by molar-refractivity contribution is 5.90. The lowest BCUT2D eigenvalue weighted by Crippen LogP contribution is -2.06. The Balaban J connectivity index is 3.09. The number of hydrogen-bond acceptors (Lipinski definition) is 4. The van der Waals surface area contributed by atoms with Gasteiger partial charge in [0.25, 0.3) is 0 Å². The number of ether oxygens (including phenoxy) is 1. The van der Waals surface area contributed by atoms with E-state index < -0.39 is 5.97 Å². The average Bonchev–Trinajstić information content (AvgIpc) is 2.61. The van der Waals surface area contributed by atoms with Crippen LogP contribution in [0.4, 0.5) is 0 Å². The molecule has 5 nitrogen and oxygen atoms in total. The Kier molecular flexibility index (Phi) is 2.88. The molecule has 0 saturated carbocycles. The fraction of sp³-hybridized carbons (Fsp3) is 0.222. The molecule has 0 unspecified atom stereocenters. The van der Waals surface area contributed by atoms with E-state index in [2.05, 4.69) is 4.98 Å². The average molecular weight is 189 g/mol. The van der Waals surface area contributed by atoms with Crippen LogP contribution in [0.25, 0.3) is 0 Å². The van der Waals surface area contributed by atoms with Crippen LogP contribution in [0.1, 0.15) is 28.7 Å². The van der Waals surface area contributed by atoms with Gasteiger partial charge in [0, 0.05) is 0 Å². The summed E-state index contributed by atoms with van der Waals surface area (Å²) in [4.78, 5) is 13.7. The maximum Gasteiger partial charge on any atom is 0.356 e. The number of aromatic nitrogens is 1. The summed E-state index contributed by atoms with van der Waals surface area (Å²) in [7, 11) is 0. The molecular weight excluding hydrogens is 182 g/mol. The van der Waals surface area contributed by atoms with Gasteiger partial charge in [-0.2, -0.15) is 10.5 Å². The molecule has 0 fully saturated rings. The number of aromatic amines is 1. The highest BCUT2D eigenvalue weighted by atomic mass is 16.5. The zero-order chi connectivity index (χ0) is 10.6. The van der Waals surface area contributed by atoms with Gasteiger partial charge < -0.3 is 9.72 Å². The molecule has 0 atom stereocenters. The van der Waals surface area contributed by atoms with Crippen LogP contribution < -0.4 is 0 Å².